The molecule has 2 rings (SSSR count). The molecule has 1 aromatic rings. The minimum Gasteiger partial charge on any atom is -0.478 e. The number of nitrogens with zero attached hydrogens (tertiary/aromatic N) is 1. The van der Waals surface area contributed by atoms with Gasteiger partial charge in [-0.25, -0.2) is 9.59 Å². The average Bonchev–Trinajstić information content (AvgIpc) is 2.89. The lowest BCUT2D eigenvalue weighted by molar-refractivity contribution is 0.0697. The molecule has 0 bridgehead atoms. The van der Waals surface area contributed by atoms with Gasteiger partial charge in [-0.1, -0.05) is 0 Å². The van der Waals surface area contributed by atoms with Crippen LogP contribution in [0.5, 0.6) is 0 Å². The fourth-order valence-corrected chi connectivity index (χ4v) is 2.53. The highest BCUT2D eigenvalue weighted by Crippen LogP contribution is 2.24. The summed E-state index contributed by atoms with van der Waals surface area (Å²) in [7, 11) is 1.63. The van der Waals surface area contributed by atoms with Crippen LogP contribution in [0.1, 0.15) is 16.8 Å². The van der Waals surface area contributed by atoms with Gasteiger partial charge in [0.2, 0.25) is 0 Å². The molecular weight excluding hydrogens is 328 g/mol. The molecule has 2 amide bonds. The van der Waals surface area contributed by atoms with E-state index in [0.717, 1.165) is 6.42 Å². The predicted octanol–water partition coefficient (Wildman–Crippen LogP) is 2.40. The van der Waals surface area contributed by atoms with Crippen molar-refractivity contribution in [3.63, 3.8) is 0 Å². The number of ether oxygens (including phenoxy) is 1. The first-order chi connectivity index (χ1) is 9.51. The fourth-order valence-electron chi connectivity index (χ4n) is 2.05. The highest BCUT2D eigenvalue weighted by atomic mass is 79.9. The first kappa shape index (κ1) is 14.8. The van der Waals surface area contributed by atoms with Gasteiger partial charge < -0.3 is 20.1 Å². The normalized spacial score (nSPS) is 18.1. The lowest BCUT2D eigenvalue weighted by atomic mass is 10.2. The first-order valence-electron chi connectivity index (χ1n) is 6.13. The van der Waals surface area contributed by atoms with E-state index >= 15 is 0 Å². The van der Waals surface area contributed by atoms with Crippen LogP contribution < -0.4 is 5.32 Å². The summed E-state index contributed by atoms with van der Waals surface area (Å²) in [6, 6.07) is 4.26. The molecule has 1 fully saturated rings. The SMILES string of the molecule is COC1CCN(C(=O)Nc2ccc(C(=O)O)cc2Br)C1. The third-order valence-corrected chi connectivity index (χ3v) is 3.88. The Morgan fingerprint density at radius 1 is 1.50 bits per heavy atom. The highest BCUT2D eigenvalue weighted by molar-refractivity contribution is 9.10. The maximum Gasteiger partial charge on any atom is 0.335 e. The van der Waals surface area contributed by atoms with Crippen molar-refractivity contribution in [3.05, 3.63) is 28.2 Å². The van der Waals surface area contributed by atoms with Gasteiger partial charge in [-0.2, -0.15) is 0 Å². The molecule has 1 aliphatic rings. The summed E-state index contributed by atoms with van der Waals surface area (Å²) in [6.45, 7) is 1.21. The number of hydrogen-bond acceptors (Lipinski definition) is 3. The van der Waals surface area contributed by atoms with Gasteiger partial charge in [0.15, 0.2) is 0 Å². The van der Waals surface area contributed by atoms with Gasteiger partial charge >= 0.3 is 12.0 Å². The average molecular weight is 343 g/mol. The number of nitrogens with one attached hydrogen (secondary N) is 1. The Hall–Kier alpha value is -1.60. The number of likely N-dealkylation sites (tertiary alicyclic amines) is 1. The quantitative estimate of drug-likeness (QED) is 0.883. The summed E-state index contributed by atoms with van der Waals surface area (Å²) < 4.78 is 5.75. The molecule has 0 spiro atoms. The van der Waals surface area contributed by atoms with Crippen LogP contribution in [-0.4, -0.2) is 48.3 Å². The summed E-state index contributed by atoms with van der Waals surface area (Å²) >= 11 is 3.26. The predicted molar refractivity (Wildman–Crippen MR) is 77.1 cm³/mol. The largest absolute Gasteiger partial charge is 0.478 e. The summed E-state index contributed by atoms with van der Waals surface area (Å²) in [5.74, 6) is -1.01. The third-order valence-electron chi connectivity index (χ3n) is 3.22. The Kier molecular flexibility index (Phi) is 4.61. The summed E-state index contributed by atoms with van der Waals surface area (Å²) in [5, 5.41) is 11.6. The number of amides is 2. The second-order valence-corrected chi connectivity index (χ2v) is 5.38. The lowest BCUT2D eigenvalue weighted by Crippen LogP contribution is -2.34. The van der Waals surface area contributed by atoms with Crippen LogP contribution in [0.25, 0.3) is 0 Å². The summed E-state index contributed by atoms with van der Waals surface area (Å²) in [6.07, 6.45) is 0.904. The van der Waals surface area contributed by atoms with Gasteiger partial charge in [0.25, 0.3) is 0 Å². The van der Waals surface area contributed by atoms with Crippen LogP contribution in [-0.2, 0) is 4.74 Å². The third kappa shape index (κ3) is 3.29. The van der Waals surface area contributed by atoms with Crippen molar-refractivity contribution in [1.82, 2.24) is 4.90 Å². The van der Waals surface area contributed by atoms with E-state index in [9.17, 15) is 9.59 Å². The molecule has 7 heteroatoms. The minimum absolute atomic E-state index is 0.0820. The van der Waals surface area contributed by atoms with E-state index in [1.807, 2.05) is 0 Å². The second-order valence-electron chi connectivity index (χ2n) is 4.52. The number of carbonyl (C=O) groups is 2. The van der Waals surface area contributed by atoms with E-state index in [2.05, 4.69) is 21.2 Å². The van der Waals surface area contributed by atoms with E-state index in [1.165, 1.54) is 12.1 Å². The lowest BCUT2D eigenvalue weighted by Gasteiger charge is -2.17. The van der Waals surface area contributed by atoms with Gasteiger partial charge in [-0.05, 0) is 40.5 Å². The highest BCUT2D eigenvalue weighted by Gasteiger charge is 2.26. The van der Waals surface area contributed by atoms with E-state index in [1.54, 1.807) is 18.1 Å². The Morgan fingerprint density at radius 2 is 2.25 bits per heavy atom. The Labute approximate surface area is 124 Å². The monoisotopic (exact) mass is 342 g/mol. The number of carboxylic acid groups (broad SMARTS) is 1. The zero-order valence-corrected chi connectivity index (χ0v) is 12.5. The smallest absolute Gasteiger partial charge is 0.335 e. The fraction of sp³-hybridized carbons (Fsp3) is 0.385. The molecule has 6 nitrogen and oxygen atoms in total. The van der Waals surface area contributed by atoms with E-state index < -0.39 is 5.97 Å². The maximum atomic E-state index is 12.1. The molecule has 2 N–H and O–H groups in total. The van der Waals surface area contributed by atoms with Crippen molar-refractivity contribution < 1.29 is 19.4 Å². The van der Waals surface area contributed by atoms with Crippen molar-refractivity contribution in [1.29, 1.82) is 0 Å². The van der Waals surface area contributed by atoms with E-state index in [-0.39, 0.29) is 17.7 Å². The Bertz CT molecular complexity index is 535. The van der Waals surface area contributed by atoms with Crippen LogP contribution in [0, 0.1) is 0 Å². The van der Waals surface area contributed by atoms with Gasteiger partial charge in [-0.15, -0.1) is 0 Å². The zero-order chi connectivity index (χ0) is 14.7. The molecule has 108 valence electrons. The van der Waals surface area contributed by atoms with Gasteiger partial charge in [-0.3, -0.25) is 0 Å². The van der Waals surface area contributed by atoms with E-state index in [4.69, 9.17) is 9.84 Å². The zero-order valence-electron chi connectivity index (χ0n) is 10.9. The van der Waals surface area contributed by atoms with Crippen molar-refractivity contribution in [3.8, 4) is 0 Å². The number of benzene rings is 1. The Morgan fingerprint density at radius 3 is 2.80 bits per heavy atom. The molecule has 1 heterocycles. The Balaban J connectivity index is 2.03. The maximum absolute atomic E-state index is 12.1. The van der Waals surface area contributed by atoms with Crippen LogP contribution in [0.15, 0.2) is 22.7 Å². The molecule has 1 saturated heterocycles. The molecule has 1 unspecified atom stereocenters. The molecule has 0 aromatic heterocycles. The van der Waals surface area contributed by atoms with Gasteiger partial charge in [0, 0.05) is 24.7 Å². The molecule has 20 heavy (non-hydrogen) atoms. The molecule has 1 atom stereocenters. The molecule has 0 aliphatic carbocycles. The summed E-state index contributed by atoms with van der Waals surface area (Å²) in [5.41, 5.74) is 0.705. The van der Waals surface area contributed by atoms with Crippen molar-refractivity contribution in [2.75, 3.05) is 25.5 Å². The number of halogens is 1. The number of anilines is 1. The number of hydrogen-bond donors (Lipinski definition) is 2. The standard InChI is InChI=1S/C13H15BrN2O4/c1-20-9-4-5-16(7-9)13(19)15-11-3-2-8(12(17)18)6-10(11)14/h2-3,6,9H,4-5,7H2,1H3,(H,15,19)(H,17,18). The van der Waals surface area contributed by atoms with Gasteiger partial charge in [0.1, 0.15) is 0 Å². The molecule has 1 aliphatic heterocycles. The number of carboxylic acids is 1. The van der Waals surface area contributed by atoms with Crippen molar-refractivity contribution >= 4 is 33.6 Å². The van der Waals surface area contributed by atoms with Crippen molar-refractivity contribution in [2.45, 2.75) is 12.5 Å². The minimum atomic E-state index is -1.01. The number of urea groups is 1. The molecule has 0 radical (unpaired) electrons. The van der Waals surface area contributed by atoms with Gasteiger partial charge in [0.05, 0.1) is 17.4 Å². The summed E-state index contributed by atoms with van der Waals surface area (Å²) in [4.78, 5) is 24.6. The van der Waals surface area contributed by atoms with Crippen LogP contribution >= 0.6 is 15.9 Å². The number of aromatic carboxylic acids is 1. The number of methoxy groups -OCH3 is 1. The van der Waals surface area contributed by atoms with Crippen LogP contribution in [0.2, 0.25) is 0 Å². The molecule has 0 saturated carbocycles. The first-order valence-corrected chi connectivity index (χ1v) is 6.92. The number of rotatable bonds is 3. The second kappa shape index (κ2) is 6.23. The van der Waals surface area contributed by atoms with Crippen LogP contribution in [0.3, 0.4) is 0 Å². The molecular formula is C13H15BrN2O4. The van der Waals surface area contributed by atoms with E-state index in [0.29, 0.717) is 23.2 Å². The molecule has 1 aromatic carbocycles. The van der Waals surface area contributed by atoms with Crippen molar-refractivity contribution in [2.24, 2.45) is 0 Å². The topological polar surface area (TPSA) is 78.9 Å². The number of carbonyl (C=O) groups excluding carboxylic acids is 1. The van der Waals surface area contributed by atoms with Crippen LogP contribution in [0.4, 0.5) is 10.5 Å².